The topological polar surface area (TPSA) is 65.5 Å². The second-order valence-electron chi connectivity index (χ2n) is 6.30. The molecule has 2 unspecified atom stereocenters. The van der Waals surface area contributed by atoms with Crippen LogP contribution in [0.5, 0.6) is 0 Å². The van der Waals surface area contributed by atoms with Crippen LogP contribution in [0.2, 0.25) is 0 Å². The zero-order chi connectivity index (χ0) is 16.9. The van der Waals surface area contributed by atoms with E-state index in [0.717, 1.165) is 35.7 Å². The summed E-state index contributed by atoms with van der Waals surface area (Å²) in [5.41, 5.74) is 2.41. The maximum Gasteiger partial charge on any atom is 0.295 e. The normalized spacial score (nSPS) is 23.0. The van der Waals surface area contributed by atoms with Gasteiger partial charge in [-0.25, -0.2) is 5.06 Å². The number of amides is 1. The minimum Gasteiger partial charge on any atom is -0.312 e. The Labute approximate surface area is 142 Å². The van der Waals surface area contributed by atoms with E-state index < -0.39 is 5.91 Å². The molecule has 1 aromatic rings. The number of aromatic nitrogens is 1. The molecule has 2 N–H and O–H groups in total. The SMILES string of the molecule is CC1C=CC=CC1CN(O)C(=O)c1cc(C2=CCCNC2)ccn1. The van der Waals surface area contributed by atoms with E-state index in [-0.39, 0.29) is 24.1 Å². The van der Waals surface area contributed by atoms with E-state index >= 15 is 0 Å². The van der Waals surface area contributed by atoms with Gasteiger partial charge in [-0.2, -0.15) is 0 Å². The monoisotopic (exact) mass is 325 g/mol. The summed E-state index contributed by atoms with van der Waals surface area (Å²) < 4.78 is 0. The zero-order valence-corrected chi connectivity index (χ0v) is 13.9. The van der Waals surface area contributed by atoms with E-state index in [1.54, 1.807) is 12.3 Å². The second-order valence-corrected chi connectivity index (χ2v) is 6.30. The van der Waals surface area contributed by atoms with Crippen LogP contribution in [-0.4, -0.2) is 40.8 Å². The molecule has 0 radical (unpaired) electrons. The van der Waals surface area contributed by atoms with E-state index in [1.807, 2.05) is 24.3 Å². The number of carbonyl (C=O) groups is 1. The number of hydroxylamine groups is 2. The fraction of sp³-hybridized carbons (Fsp3) is 0.368. The van der Waals surface area contributed by atoms with E-state index in [2.05, 4.69) is 29.4 Å². The number of hydrogen-bond donors (Lipinski definition) is 2. The van der Waals surface area contributed by atoms with Crippen LogP contribution in [0, 0.1) is 11.8 Å². The predicted molar refractivity (Wildman–Crippen MR) is 93.5 cm³/mol. The summed E-state index contributed by atoms with van der Waals surface area (Å²) >= 11 is 0. The van der Waals surface area contributed by atoms with Crippen LogP contribution in [0.3, 0.4) is 0 Å². The van der Waals surface area contributed by atoms with Gasteiger partial charge in [0.1, 0.15) is 5.69 Å². The third-order valence-corrected chi connectivity index (χ3v) is 4.55. The van der Waals surface area contributed by atoms with Gasteiger partial charge >= 0.3 is 0 Å². The van der Waals surface area contributed by atoms with Crippen LogP contribution in [0.15, 0.2) is 48.7 Å². The predicted octanol–water partition coefficient (Wildman–Crippen LogP) is 2.67. The highest BCUT2D eigenvalue weighted by Gasteiger charge is 2.22. The van der Waals surface area contributed by atoms with Crippen LogP contribution in [0.4, 0.5) is 0 Å². The van der Waals surface area contributed by atoms with E-state index in [9.17, 15) is 10.0 Å². The Balaban J connectivity index is 1.71. The summed E-state index contributed by atoms with van der Waals surface area (Å²) in [7, 11) is 0. The highest BCUT2D eigenvalue weighted by molar-refractivity contribution is 5.92. The standard InChI is InChI=1S/C19H23N3O2/c1-14-5-2-3-6-17(14)13-22(24)19(23)18-11-15(8-10-21-18)16-7-4-9-20-12-16/h2-3,5-8,10-11,14,17,20,24H,4,9,12-13H2,1H3. The number of pyridine rings is 1. The highest BCUT2D eigenvalue weighted by atomic mass is 16.5. The fourth-order valence-corrected chi connectivity index (χ4v) is 3.02. The molecule has 1 amide bonds. The third kappa shape index (κ3) is 3.80. The van der Waals surface area contributed by atoms with Crippen LogP contribution in [0.25, 0.3) is 5.57 Å². The molecule has 126 valence electrons. The Morgan fingerprint density at radius 1 is 1.42 bits per heavy atom. The minimum absolute atomic E-state index is 0.109. The molecule has 1 aromatic heterocycles. The van der Waals surface area contributed by atoms with Crippen molar-refractivity contribution in [2.75, 3.05) is 19.6 Å². The molecule has 1 aliphatic carbocycles. The van der Waals surface area contributed by atoms with Gasteiger partial charge < -0.3 is 5.32 Å². The van der Waals surface area contributed by atoms with Crippen molar-refractivity contribution in [1.29, 1.82) is 0 Å². The van der Waals surface area contributed by atoms with Crippen molar-refractivity contribution < 1.29 is 10.0 Å². The molecular formula is C19H23N3O2. The largest absolute Gasteiger partial charge is 0.312 e. The molecule has 0 aromatic carbocycles. The summed E-state index contributed by atoms with van der Waals surface area (Å²) in [4.78, 5) is 16.6. The number of nitrogens with zero attached hydrogens (tertiary/aromatic N) is 2. The number of carbonyl (C=O) groups excluding carboxylic acids is 1. The lowest BCUT2D eigenvalue weighted by Gasteiger charge is -2.24. The average molecular weight is 325 g/mol. The number of nitrogens with one attached hydrogen (secondary N) is 1. The Morgan fingerprint density at radius 2 is 2.25 bits per heavy atom. The van der Waals surface area contributed by atoms with Crippen molar-refractivity contribution in [1.82, 2.24) is 15.4 Å². The van der Waals surface area contributed by atoms with E-state index in [4.69, 9.17) is 0 Å². The van der Waals surface area contributed by atoms with Crippen LogP contribution in [-0.2, 0) is 0 Å². The van der Waals surface area contributed by atoms with Gasteiger partial charge in [-0.05, 0) is 42.2 Å². The molecule has 0 saturated carbocycles. The first-order valence-corrected chi connectivity index (χ1v) is 8.37. The molecule has 3 rings (SSSR count). The summed E-state index contributed by atoms with van der Waals surface area (Å²) in [5, 5.41) is 14.3. The van der Waals surface area contributed by atoms with Crippen LogP contribution in [0.1, 0.15) is 29.4 Å². The summed E-state index contributed by atoms with van der Waals surface area (Å²) in [6, 6.07) is 3.65. The van der Waals surface area contributed by atoms with Gasteiger partial charge in [-0.3, -0.25) is 15.0 Å². The first-order valence-electron chi connectivity index (χ1n) is 8.37. The van der Waals surface area contributed by atoms with Gasteiger partial charge in [0.05, 0.1) is 6.54 Å². The maximum absolute atomic E-state index is 12.5. The Morgan fingerprint density at radius 3 is 3.00 bits per heavy atom. The van der Waals surface area contributed by atoms with Gasteiger partial charge in [-0.15, -0.1) is 0 Å². The van der Waals surface area contributed by atoms with Crippen molar-refractivity contribution in [2.24, 2.45) is 11.8 Å². The number of hydrogen-bond acceptors (Lipinski definition) is 4. The van der Waals surface area contributed by atoms with Crippen molar-refractivity contribution in [3.63, 3.8) is 0 Å². The van der Waals surface area contributed by atoms with E-state index in [1.165, 1.54) is 0 Å². The van der Waals surface area contributed by atoms with Crippen LogP contribution < -0.4 is 5.32 Å². The Hall–Kier alpha value is -2.24. The van der Waals surface area contributed by atoms with Crippen molar-refractivity contribution in [3.8, 4) is 0 Å². The molecule has 0 spiro atoms. The third-order valence-electron chi connectivity index (χ3n) is 4.55. The first kappa shape index (κ1) is 16.6. The minimum atomic E-state index is -0.462. The van der Waals surface area contributed by atoms with Crippen molar-refractivity contribution in [2.45, 2.75) is 13.3 Å². The fourth-order valence-electron chi connectivity index (χ4n) is 3.02. The van der Waals surface area contributed by atoms with Gasteiger partial charge in [0.2, 0.25) is 0 Å². The quantitative estimate of drug-likeness (QED) is 0.660. The first-order chi connectivity index (χ1) is 11.6. The van der Waals surface area contributed by atoms with Crippen molar-refractivity contribution in [3.05, 3.63) is 60.0 Å². The summed E-state index contributed by atoms with van der Waals surface area (Å²) in [6.07, 6.45) is 12.8. The lowest BCUT2D eigenvalue weighted by atomic mass is 9.90. The molecule has 2 atom stereocenters. The highest BCUT2D eigenvalue weighted by Crippen LogP contribution is 2.21. The average Bonchev–Trinajstić information content (AvgIpc) is 2.64. The molecule has 2 aliphatic rings. The van der Waals surface area contributed by atoms with Crippen molar-refractivity contribution >= 4 is 11.5 Å². The zero-order valence-electron chi connectivity index (χ0n) is 13.9. The number of rotatable bonds is 4. The molecule has 5 heteroatoms. The van der Waals surface area contributed by atoms with Gasteiger partial charge in [0, 0.05) is 18.7 Å². The van der Waals surface area contributed by atoms with Gasteiger partial charge in [0.25, 0.3) is 5.91 Å². The lowest BCUT2D eigenvalue weighted by molar-refractivity contribution is -0.0665. The van der Waals surface area contributed by atoms with Gasteiger partial charge in [-0.1, -0.05) is 37.3 Å². The van der Waals surface area contributed by atoms with E-state index in [0.29, 0.717) is 0 Å². The second kappa shape index (κ2) is 7.55. The number of allylic oxidation sites excluding steroid dienone is 3. The molecule has 24 heavy (non-hydrogen) atoms. The lowest BCUT2D eigenvalue weighted by Crippen LogP contribution is -2.34. The molecule has 2 heterocycles. The van der Waals surface area contributed by atoms with Gasteiger partial charge in [0.15, 0.2) is 0 Å². The Bertz CT molecular complexity index is 694. The maximum atomic E-state index is 12.5. The molecule has 1 aliphatic heterocycles. The smallest absolute Gasteiger partial charge is 0.295 e. The summed E-state index contributed by atoms with van der Waals surface area (Å²) in [5.74, 6) is -0.0658. The molecular weight excluding hydrogens is 302 g/mol. The molecule has 5 nitrogen and oxygen atoms in total. The summed E-state index contributed by atoms with van der Waals surface area (Å²) in [6.45, 7) is 4.10. The molecule has 0 bridgehead atoms. The Kier molecular flexibility index (Phi) is 5.23. The molecule has 0 saturated heterocycles. The molecule has 0 fully saturated rings. The van der Waals surface area contributed by atoms with Crippen LogP contribution >= 0.6 is 0 Å².